The van der Waals surface area contributed by atoms with Crippen molar-refractivity contribution in [1.29, 1.82) is 0 Å². The molecule has 3 nitrogen and oxygen atoms in total. The van der Waals surface area contributed by atoms with Gasteiger partial charge in [0.2, 0.25) is 0 Å². The molecule has 0 fully saturated rings. The second-order valence-corrected chi connectivity index (χ2v) is 6.05. The fourth-order valence-electron chi connectivity index (χ4n) is 2.36. The molecule has 0 aliphatic carbocycles. The van der Waals surface area contributed by atoms with E-state index < -0.39 is 0 Å². The maximum atomic E-state index is 6.36. The molecule has 1 heterocycles. The van der Waals surface area contributed by atoms with Crippen molar-refractivity contribution in [3.8, 4) is 0 Å². The standard InChI is InChI=1S/C18H16Cl2N2O/c19-15-6-7-16(17(20)10-15)18(11-22-9-8-21-13-22)23-12-14-4-2-1-3-5-14/h1-10,13,18H,11-12H2/t18-/m0/s1. The molecular formula is C18H16Cl2N2O. The highest BCUT2D eigenvalue weighted by atomic mass is 35.5. The van der Waals surface area contributed by atoms with Crippen LogP contribution >= 0.6 is 23.2 Å². The molecule has 0 radical (unpaired) electrons. The van der Waals surface area contributed by atoms with Crippen molar-refractivity contribution in [1.82, 2.24) is 9.55 Å². The van der Waals surface area contributed by atoms with Gasteiger partial charge in [-0.05, 0) is 17.7 Å². The zero-order valence-corrected chi connectivity index (χ0v) is 13.9. The van der Waals surface area contributed by atoms with Crippen molar-refractivity contribution in [2.45, 2.75) is 19.3 Å². The first kappa shape index (κ1) is 16.1. The third-order valence-electron chi connectivity index (χ3n) is 3.54. The van der Waals surface area contributed by atoms with Gasteiger partial charge in [0.1, 0.15) is 6.10 Å². The second kappa shape index (κ2) is 7.64. The van der Waals surface area contributed by atoms with Crippen molar-refractivity contribution >= 4 is 23.2 Å². The number of benzene rings is 2. The fourth-order valence-corrected chi connectivity index (χ4v) is 2.89. The average Bonchev–Trinajstić information content (AvgIpc) is 3.06. The lowest BCUT2D eigenvalue weighted by molar-refractivity contribution is 0.0280. The lowest BCUT2D eigenvalue weighted by Gasteiger charge is -2.20. The molecule has 0 aliphatic rings. The molecular weight excluding hydrogens is 331 g/mol. The Morgan fingerprint density at radius 2 is 1.91 bits per heavy atom. The van der Waals surface area contributed by atoms with Crippen molar-refractivity contribution in [3.05, 3.63) is 88.4 Å². The van der Waals surface area contributed by atoms with E-state index in [-0.39, 0.29) is 6.10 Å². The maximum Gasteiger partial charge on any atom is 0.102 e. The number of aromatic nitrogens is 2. The van der Waals surface area contributed by atoms with Gasteiger partial charge in [-0.15, -0.1) is 0 Å². The third-order valence-corrected chi connectivity index (χ3v) is 4.10. The molecule has 118 valence electrons. The van der Waals surface area contributed by atoms with E-state index in [0.29, 0.717) is 23.2 Å². The van der Waals surface area contributed by atoms with Crippen LogP contribution in [0.4, 0.5) is 0 Å². The molecule has 0 aliphatic heterocycles. The molecule has 3 aromatic rings. The van der Waals surface area contributed by atoms with Gasteiger partial charge in [0.15, 0.2) is 0 Å². The van der Waals surface area contributed by atoms with Gasteiger partial charge in [-0.25, -0.2) is 4.98 Å². The number of rotatable bonds is 6. The maximum absolute atomic E-state index is 6.36. The van der Waals surface area contributed by atoms with Crippen LogP contribution in [0.5, 0.6) is 0 Å². The number of imidazole rings is 1. The Labute approximate surface area is 145 Å². The largest absolute Gasteiger partial charge is 0.367 e. The summed E-state index contributed by atoms with van der Waals surface area (Å²) >= 11 is 12.4. The third kappa shape index (κ3) is 4.35. The highest BCUT2D eigenvalue weighted by Gasteiger charge is 2.17. The predicted octanol–water partition coefficient (Wildman–Crippen LogP) is 5.15. The summed E-state index contributed by atoms with van der Waals surface area (Å²) in [5.41, 5.74) is 2.04. The number of nitrogens with zero attached hydrogens (tertiary/aromatic N) is 2. The van der Waals surface area contributed by atoms with Gasteiger partial charge in [-0.3, -0.25) is 0 Å². The number of hydrogen-bond donors (Lipinski definition) is 0. The minimum absolute atomic E-state index is 0.186. The molecule has 0 saturated carbocycles. The Hall–Kier alpha value is -1.81. The first-order chi connectivity index (χ1) is 11.2. The molecule has 23 heavy (non-hydrogen) atoms. The molecule has 0 unspecified atom stereocenters. The van der Waals surface area contributed by atoms with Crippen LogP contribution < -0.4 is 0 Å². The van der Waals surface area contributed by atoms with E-state index in [9.17, 15) is 0 Å². The van der Waals surface area contributed by atoms with Gasteiger partial charge in [-0.1, -0.05) is 59.6 Å². The zero-order valence-electron chi connectivity index (χ0n) is 12.4. The Bertz CT molecular complexity index is 745. The Morgan fingerprint density at radius 3 is 2.61 bits per heavy atom. The van der Waals surface area contributed by atoms with E-state index in [1.54, 1.807) is 18.6 Å². The molecule has 0 bridgehead atoms. The summed E-state index contributed by atoms with van der Waals surface area (Å²) in [6.45, 7) is 1.15. The summed E-state index contributed by atoms with van der Waals surface area (Å²) in [6, 6.07) is 15.5. The lowest BCUT2D eigenvalue weighted by Crippen LogP contribution is -2.12. The van der Waals surface area contributed by atoms with Gasteiger partial charge in [0.05, 0.1) is 19.5 Å². The molecule has 0 amide bonds. The zero-order chi connectivity index (χ0) is 16.1. The fraction of sp³-hybridized carbons (Fsp3) is 0.167. The van der Waals surface area contributed by atoms with E-state index in [1.807, 2.05) is 53.2 Å². The Morgan fingerprint density at radius 1 is 1.09 bits per heavy atom. The van der Waals surface area contributed by atoms with Crippen LogP contribution in [0.25, 0.3) is 0 Å². The number of hydrogen-bond acceptors (Lipinski definition) is 2. The molecule has 5 heteroatoms. The highest BCUT2D eigenvalue weighted by Crippen LogP contribution is 2.30. The first-order valence-electron chi connectivity index (χ1n) is 7.28. The minimum atomic E-state index is -0.186. The lowest BCUT2D eigenvalue weighted by atomic mass is 10.1. The first-order valence-corrected chi connectivity index (χ1v) is 8.04. The summed E-state index contributed by atoms with van der Waals surface area (Å²) in [5.74, 6) is 0. The van der Waals surface area contributed by atoms with Crippen molar-refractivity contribution < 1.29 is 4.74 Å². The molecule has 2 aromatic carbocycles. The normalized spacial score (nSPS) is 12.3. The van der Waals surface area contributed by atoms with Crippen molar-refractivity contribution in [2.75, 3.05) is 0 Å². The second-order valence-electron chi connectivity index (χ2n) is 5.21. The minimum Gasteiger partial charge on any atom is -0.367 e. The summed E-state index contributed by atoms with van der Waals surface area (Å²) in [6.07, 6.45) is 5.23. The van der Waals surface area contributed by atoms with E-state index in [4.69, 9.17) is 27.9 Å². The molecule has 1 atom stereocenters. The predicted molar refractivity (Wildman–Crippen MR) is 92.7 cm³/mol. The van der Waals surface area contributed by atoms with Crippen LogP contribution in [-0.2, 0) is 17.9 Å². The SMILES string of the molecule is Clc1ccc([C@H](Cn2ccnc2)OCc2ccccc2)c(Cl)c1. The molecule has 3 rings (SSSR count). The highest BCUT2D eigenvalue weighted by molar-refractivity contribution is 6.35. The molecule has 1 aromatic heterocycles. The van der Waals surface area contributed by atoms with Gasteiger partial charge in [-0.2, -0.15) is 0 Å². The van der Waals surface area contributed by atoms with Crippen LogP contribution in [0.15, 0.2) is 67.3 Å². The monoisotopic (exact) mass is 346 g/mol. The quantitative estimate of drug-likeness (QED) is 0.617. The van der Waals surface area contributed by atoms with E-state index >= 15 is 0 Å². The average molecular weight is 347 g/mol. The van der Waals surface area contributed by atoms with Crippen molar-refractivity contribution in [3.63, 3.8) is 0 Å². The summed E-state index contributed by atoms with van der Waals surface area (Å²) < 4.78 is 8.10. The van der Waals surface area contributed by atoms with Gasteiger partial charge < -0.3 is 9.30 Å². The van der Waals surface area contributed by atoms with Crippen LogP contribution in [0.1, 0.15) is 17.2 Å². The number of ether oxygens (including phenoxy) is 1. The van der Waals surface area contributed by atoms with Gasteiger partial charge >= 0.3 is 0 Å². The van der Waals surface area contributed by atoms with E-state index in [1.165, 1.54) is 0 Å². The smallest absolute Gasteiger partial charge is 0.102 e. The topological polar surface area (TPSA) is 27.1 Å². The van der Waals surface area contributed by atoms with Crippen molar-refractivity contribution in [2.24, 2.45) is 0 Å². The van der Waals surface area contributed by atoms with Crippen LogP contribution in [0, 0.1) is 0 Å². The molecule has 0 saturated heterocycles. The van der Waals surface area contributed by atoms with Gasteiger partial charge in [0.25, 0.3) is 0 Å². The summed E-state index contributed by atoms with van der Waals surface area (Å²) in [4.78, 5) is 4.08. The van der Waals surface area contributed by atoms with Crippen LogP contribution in [0.3, 0.4) is 0 Å². The van der Waals surface area contributed by atoms with Crippen LogP contribution in [0.2, 0.25) is 10.0 Å². The summed E-state index contributed by atoms with van der Waals surface area (Å²) in [7, 11) is 0. The molecule has 0 N–H and O–H groups in total. The van der Waals surface area contributed by atoms with E-state index in [0.717, 1.165) is 11.1 Å². The summed E-state index contributed by atoms with van der Waals surface area (Å²) in [5, 5.41) is 1.22. The molecule has 0 spiro atoms. The Balaban J connectivity index is 1.81. The number of halogens is 2. The Kier molecular flexibility index (Phi) is 5.34. The van der Waals surface area contributed by atoms with Crippen LogP contribution in [-0.4, -0.2) is 9.55 Å². The van der Waals surface area contributed by atoms with E-state index in [2.05, 4.69) is 4.98 Å². The van der Waals surface area contributed by atoms with Gasteiger partial charge in [0, 0.05) is 28.0 Å².